The molecule has 2 aromatic rings. The summed E-state index contributed by atoms with van der Waals surface area (Å²) in [5.74, 6) is 1.03. The van der Waals surface area contributed by atoms with Gasteiger partial charge in [0, 0.05) is 12.0 Å². The van der Waals surface area contributed by atoms with Gasteiger partial charge < -0.3 is 10.3 Å². The van der Waals surface area contributed by atoms with E-state index in [1.807, 2.05) is 0 Å². The molecule has 0 aromatic carbocycles. The summed E-state index contributed by atoms with van der Waals surface area (Å²) in [6.07, 6.45) is 6.60. The fourth-order valence-corrected chi connectivity index (χ4v) is 2.30. The molecular weight excluding hydrogens is 220 g/mol. The minimum absolute atomic E-state index is 0.173. The molecule has 0 unspecified atom stereocenters. The highest BCUT2D eigenvalue weighted by Crippen LogP contribution is 2.30. The maximum Gasteiger partial charge on any atom is 0.228 e. The third-order valence-corrected chi connectivity index (χ3v) is 3.21. The molecule has 2 heterocycles. The Morgan fingerprint density at radius 1 is 1.41 bits per heavy atom. The van der Waals surface area contributed by atoms with E-state index in [1.165, 1.54) is 12.8 Å². The van der Waals surface area contributed by atoms with Gasteiger partial charge in [0.1, 0.15) is 0 Å². The zero-order valence-corrected chi connectivity index (χ0v) is 9.39. The molecule has 7 nitrogen and oxygen atoms in total. The van der Waals surface area contributed by atoms with Crippen LogP contribution >= 0.6 is 0 Å². The summed E-state index contributed by atoms with van der Waals surface area (Å²) >= 11 is 0. The van der Waals surface area contributed by atoms with Gasteiger partial charge in [-0.25, -0.2) is 0 Å². The molecule has 90 valence electrons. The molecule has 1 saturated carbocycles. The molecule has 0 amide bonds. The van der Waals surface area contributed by atoms with Crippen molar-refractivity contribution >= 4 is 0 Å². The first-order valence-corrected chi connectivity index (χ1v) is 5.73. The number of nitrogens with zero attached hydrogens (tertiary/aromatic N) is 4. The van der Waals surface area contributed by atoms with Gasteiger partial charge in [-0.3, -0.25) is 0 Å². The van der Waals surface area contributed by atoms with Crippen LogP contribution in [0.2, 0.25) is 0 Å². The second-order valence-corrected chi connectivity index (χ2v) is 4.61. The average molecular weight is 234 g/mol. The Hall–Kier alpha value is -1.76. The lowest BCUT2D eigenvalue weighted by molar-refractivity contribution is 0.329. The molecule has 3 N–H and O–H groups in total. The zero-order chi connectivity index (χ0) is 11.7. The lowest BCUT2D eigenvalue weighted by Gasteiger charge is -2.20. The fraction of sp³-hybridized carbons (Fsp3) is 0.600. The molecule has 0 saturated heterocycles. The predicted molar refractivity (Wildman–Crippen MR) is 58.8 cm³/mol. The number of aromatic nitrogens is 5. The largest absolute Gasteiger partial charge is 0.339 e. The standard InChI is InChI=1S/C10H14N6O/c11-10(3-1-2-4-10)5-8-13-9(15-17-8)7-6-12-16-14-7/h6H,1-5,11H2,(H,12,14,16). The van der Waals surface area contributed by atoms with Crippen molar-refractivity contribution < 1.29 is 4.52 Å². The molecule has 2 aromatic heterocycles. The van der Waals surface area contributed by atoms with E-state index < -0.39 is 0 Å². The number of nitrogens with one attached hydrogen (secondary N) is 1. The second kappa shape index (κ2) is 3.92. The highest BCUT2D eigenvalue weighted by Gasteiger charge is 2.31. The van der Waals surface area contributed by atoms with Gasteiger partial charge in [-0.2, -0.15) is 20.4 Å². The third-order valence-electron chi connectivity index (χ3n) is 3.21. The minimum atomic E-state index is -0.173. The van der Waals surface area contributed by atoms with Crippen molar-refractivity contribution in [3.8, 4) is 11.5 Å². The van der Waals surface area contributed by atoms with Crippen molar-refractivity contribution in [2.24, 2.45) is 5.73 Å². The van der Waals surface area contributed by atoms with Crippen LogP contribution in [0.25, 0.3) is 11.5 Å². The van der Waals surface area contributed by atoms with E-state index in [-0.39, 0.29) is 5.54 Å². The minimum Gasteiger partial charge on any atom is -0.339 e. The van der Waals surface area contributed by atoms with Crippen LogP contribution in [-0.2, 0) is 6.42 Å². The highest BCUT2D eigenvalue weighted by atomic mass is 16.5. The second-order valence-electron chi connectivity index (χ2n) is 4.61. The Morgan fingerprint density at radius 3 is 2.94 bits per heavy atom. The van der Waals surface area contributed by atoms with Gasteiger partial charge in [0.25, 0.3) is 0 Å². The van der Waals surface area contributed by atoms with Crippen molar-refractivity contribution in [2.45, 2.75) is 37.6 Å². The number of H-pyrrole nitrogens is 1. The summed E-state index contributed by atoms with van der Waals surface area (Å²) in [5.41, 5.74) is 6.67. The van der Waals surface area contributed by atoms with E-state index in [0.717, 1.165) is 12.8 Å². The van der Waals surface area contributed by atoms with Crippen molar-refractivity contribution in [1.82, 2.24) is 25.6 Å². The van der Waals surface area contributed by atoms with Crippen LogP contribution in [-0.4, -0.2) is 31.1 Å². The Kier molecular flexibility index (Phi) is 2.40. The summed E-state index contributed by atoms with van der Waals surface area (Å²) in [6.45, 7) is 0. The maximum atomic E-state index is 6.26. The topological polar surface area (TPSA) is 107 Å². The third kappa shape index (κ3) is 2.05. The normalized spacial score (nSPS) is 18.6. The van der Waals surface area contributed by atoms with E-state index >= 15 is 0 Å². The summed E-state index contributed by atoms with van der Waals surface area (Å²) < 4.78 is 5.19. The molecule has 0 bridgehead atoms. The Labute approximate surface area is 97.8 Å². The van der Waals surface area contributed by atoms with Crippen LogP contribution in [0, 0.1) is 0 Å². The molecule has 0 atom stereocenters. The molecule has 1 fully saturated rings. The maximum absolute atomic E-state index is 6.26. The van der Waals surface area contributed by atoms with Crippen molar-refractivity contribution in [3.63, 3.8) is 0 Å². The molecule has 1 aliphatic carbocycles. The van der Waals surface area contributed by atoms with Crippen LogP contribution in [0.4, 0.5) is 0 Å². The van der Waals surface area contributed by atoms with E-state index in [4.69, 9.17) is 10.3 Å². The molecule has 0 aliphatic heterocycles. The first-order valence-electron chi connectivity index (χ1n) is 5.73. The van der Waals surface area contributed by atoms with Gasteiger partial charge in [-0.05, 0) is 12.8 Å². The van der Waals surface area contributed by atoms with Gasteiger partial charge in [0.2, 0.25) is 11.7 Å². The number of hydrogen-bond donors (Lipinski definition) is 2. The van der Waals surface area contributed by atoms with Crippen LogP contribution in [0.5, 0.6) is 0 Å². The zero-order valence-electron chi connectivity index (χ0n) is 9.39. The van der Waals surface area contributed by atoms with Crippen molar-refractivity contribution in [3.05, 3.63) is 12.1 Å². The first kappa shape index (κ1) is 10.4. The average Bonchev–Trinajstić information content (AvgIpc) is 2.98. The lowest BCUT2D eigenvalue weighted by Crippen LogP contribution is -2.38. The lowest BCUT2D eigenvalue weighted by atomic mass is 9.95. The number of nitrogens with two attached hydrogens (primary N) is 1. The van der Waals surface area contributed by atoms with Crippen molar-refractivity contribution in [2.75, 3.05) is 0 Å². The number of hydrogen-bond acceptors (Lipinski definition) is 6. The monoisotopic (exact) mass is 234 g/mol. The molecule has 7 heteroatoms. The molecule has 3 rings (SSSR count). The molecule has 17 heavy (non-hydrogen) atoms. The summed E-state index contributed by atoms with van der Waals surface area (Å²) in [6, 6.07) is 0. The van der Waals surface area contributed by atoms with Gasteiger partial charge in [0.15, 0.2) is 5.69 Å². The molecular formula is C10H14N6O. The Morgan fingerprint density at radius 2 is 2.24 bits per heavy atom. The summed E-state index contributed by atoms with van der Waals surface area (Å²) in [7, 11) is 0. The van der Waals surface area contributed by atoms with Gasteiger partial charge in [0.05, 0.1) is 6.20 Å². The summed E-state index contributed by atoms with van der Waals surface area (Å²) in [4.78, 5) is 4.28. The highest BCUT2D eigenvalue weighted by molar-refractivity contribution is 5.44. The van der Waals surface area contributed by atoms with E-state index in [0.29, 0.717) is 23.8 Å². The van der Waals surface area contributed by atoms with E-state index in [2.05, 4.69) is 25.6 Å². The quantitative estimate of drug-likeness (QED) is 0.808. The van der Waals surface area contributed by atoms with Gasteiger partial charge >= 0.3 is 0 Å². The summed E-state index contributed by atoms with van der Waals surface area (Å²) in [5, 5.41) is 14.0. The van der Waals surface area contributed by atoms with Crippen LogP contribution in [0.15, 0.2) is 10.7 Å². The van der Waals surface area contributed by atoms with Crippen LogP contribution in [0.1, 0.15) is 31.6 Å². The van der Waals surface area contributed by atoms with E-state index in [1.54, 1.807) is 6.20 Å². The SMILES string of the molecule is NC1(Cc2nc(-c3cn[nH]n3)no2)CCCC1. The molecule has 1 aliphatic rings. The smallest absolute Gasteiger partial charge is 0.228 e. The first-order chi connectivity index (χ1) is 8.25. The van der Waals surface area contributed by atoms with Gasteiger partial charge in [-0.1, -0.05) is 18.0 Å². The number of aromatic amines is 1. The molecule has 0 spiro atoms. The molecule has 0 radical (unpaired) electrons. The van der Waals surface area contributed by atoms with Crippen molar-refractivity contribution in [1.29, 1.82) is 0 Å². The van der Waals surface area contributed by atoms with Gasteiger partial charge in [-0.15, -0.1) is 0 Å². The Balaban J connectivity index is 1.77. The van der Waals surface area contributed by atoms with E-state index in [9.17, 15) is 0 Å². The van der Waals surface area contributed by atoms with Crippen LogP contribution < -0.4 is 5.73 Å². The fourth-order valence-electron chi connectivity index (χ4n) is 2.30. The number of rotatable bonds is 3. The Bertz CT molecular complexity index is 485. The van der Waals surface area contributed by atoms with Crippen LogP contribution in [0.3, 0.4) is 0 Å². The predicted octanol–water partition coefficient (Wildman–Crippen LogP) is 0.669.